The van der Waals surface area contributed by atoms with Gasteiger partial charge in [-0.15, -0.1) is 0 Å². The van der Waals surface area contributed by atoms with Crippen LogP contribution in [-0.4, -0.2) is 28.1 Å². The van der Waals surface area contributed by atoms with E-state index in [2.05, 4.69) is 0 Å². The van der Waals surface area contributed by atoms with Crippen LogP contribution in [-0.2, 0) is 4.74 Å². The van der Waals surface area contributed by atoms with Crippen molar-refractivity contribution in [3.63, 3.8) is 0 Å². The zero-order chi connectivity index (χ0) is 13.9. The molecule has 1 aromatic carbocycles. The fourth-order valence-corrected chi connectivity index (χ4v) is 1.24. The Morgan fingerprint density at radius 1 is 1.28 bits per heavy atom. The van der Waals surface area contributed by atoms with Gasteiger partial charge >= 0.3 is 11.9 Å². The van der Waals surface area contributed by atoms with Crippen molar-refractivity contribution < 1.29 is 24.4 Å². The topological polar surface area (TPSA) is 107 Å². The van der Waals surface area contributed by atoms with Gasteiger partial charge in [0.2, 0.25) is 0 Å². The van der Waals surface area contributed by atoms with Crippen molar-refractivity contribution in [1.82, 2.24) is 0 Å². The molecule has 0 spiro atoms. The second kappa shape index (κ2) is 5.26. The Morgan fingerprint density at radius 2 is 1.83 bits per heavy atom. The maximum absolute atomic E-state index is 11.6. The van der Waals surface area contributed by atoms with Gasteiger partial charge in [0.05, 0.1) is 22.2 Å². The molecule has 7 heteroatoms. The Balaban J connectivity index is 3.23. The van der Waals surface area contributed by atoms with Crippen LogP contribution in [0.25, 0.3) is 0 Å². The SMILES string of the molecule is CC(C)OC(=O)c1cc(C(=O)O)cc([N+](=O)[O-])c1. The lowest BCUT2D eigenvalue weighted by atomic mass is 10.1. The van der Waals surface area contributed by atoms with E-state index in [1.807, 2.05) is 0 Å². The van der Waals surface area contributed by atoms with Crippen molar-refractivity contribution in [3.8, 4) is 0 Å². The summed E-state index contributed by atoms with van der Waals surface area (Å²) in [5.41, 5.74) is -0.958. The molecule has 1 N–H and O–H groups in total. The number of carbonyl (C=O) groups excluding carboxylic acids is 1. The first-order valence-electron chi connectivity index (χ1n) is 5.05. The van der Waals surface area contributed by atoms with Gasteiger partial charge < -0.3 is 9.84 Å². The second-order valence-corrected chi connectivity index (χ2v) is 3.78. The van der Waals surface area contributed by atoms with Crippen molar-refractivity contribution in [3.05, 3.63) is 39.4 Å². The highest BCUT2D eigenvalue weighted by Gasteiger charge is 2.18. The molecule has 0 saturated heterocycles. The van der Waals surface area contributed by atoms with Crippen LogP contribution in [0.1, 0.15) is 34.6 Å². The van der Waals surface area contributed by atoms with Crippen molar-refractivity contribution in [2.24, 2.45) is 0 Å². The van der Waals surface area contributed by atoms with Crippen molar-refractivity contribution in [2.45, 2.75) is 20.0 Å². The standard InChI is InChI=1S/C11H11NO6/c1-6(2)18-11(15)8-3-7(10(13)14)4-9(5-8)12(16)17/h3-6H,1-2H3,(H,13,14). The first-order chi connectivity index (χ1) is 8.31. The van der Waals surface area contributed by atoms with E-state index in [-0.39, 0.29) is 11.1 Å². The Kier molecular flexibility index (Phi) is 3.98. The lowest BCUT2D eigenvalue weighted by Gasteiger charge is -2.08. The van der Waals surface area contributed by atoms with Crippen LogP contribution >= 0.6 is 0 Å². The molecule has 0 bridgehead atoms. The van der Waals surface area contributed by atoms with Gasteiger partial charge in [0.1, 0.15) is 0 Å². The lowest BCUT2D eigenvalue weighted by molar-refractivity contribution is -0.384. The van der Waals surface area contributed by atoms with Crippen molar-refractivity contribution >= 4 is 17.6 Å². The van der Waals surface area contributed by atoms with Crippen LogP contribution in [0.4, 0.5) is 5.69 Å². The van der Waals surface area contributed by atoms with E-state index < -0.39 is 28.7 Å². The van der Waals surface area contributed by atoms with E-state index in [4.69, 9.17) is 9.84 Å². The summed E-state index contributed by atoms with van der Waals surface area (Å²) in [6.45, 7) is 3.24. The van der Waals surface area contributed by atoms with E-state index in [9.17, 15) is 19.7 Å². The second-order valence-electron chi connectivity index (χ2n) is 3.78. The van der Waals surface area contributed by atoms with Crippen molar-refractivity contribution in [1.29, 1.82) is 0 Å². The average molecular weight is 253 g/mol. The third kappa shape index (κ3) is 3.27. The van der Waals surface area contributed by atoms with Gasteiger partial charge in [0, 0.05) is 12.1 Å². The minimum absolute atomic E-state index is 0.157. The van der Waals surface area contributed by atoms with E-state index >= 15 is 0 Å². The predicted molar refractivity (Wildman–Crippen MR) is 60.6 cm³/mol. The zero-order valence-electron chi connectivity index (χ0n) is 9.75. The van der Waals surface area contributed by atoms with Gasteiger partial charge in [0.15, 0.2) is 0 Å². The minimum atomic E-state index is -1.35. The molecule has 1 rings (SSSR count). The molecule has 0 radical (unpaired) electrons. The van der Waals surface area contributed by atoms with Crippen LogP contribution in [0, 0.1) is 10.1 Å². The molecule has 0 aromatic heterocycles. The average Bonchev–Trinajstić information content (AvgIpc) is 2.27. The number of non-ortho nitro benzene ring substituents is 1. The first kappa shape index (κ1) is 13.6. The third-order valence-electron chi connectivity index (χ3n) is 1.95. The van der Waals surface area contributed by atoms with Crippen LogP contribution in [0.2, 0.25) is 0 Å². The molecule has 0 aliphatic rings. The normalized spacial score (nSPS) is 10.2. The number of carboxylic acids is 1. The molecule has 0 amide bonds. The summed E-state index contributed by atoms with van der Waals surface area (Å²) < 4.78 is 4.85. The highest BCUT2D eigenvalue weighted by molar-refractivity contribution is 5.95. The zero-order valence-corrected chi connectivity index (χ0v) is 9.75. The van der Waals surface area contributed by atoms with Gasteiger partial charge in [-0.2, -0.15) is 0 Å². The predicted octanol–water partition coefficient (Wildman–Crippen LogP) is 1.86. The molecule has 0 aliphatic carbocycles. The minimum Gasteiger partial charge on any atom is -0.478 e. The van der Waals surface area contributed by atoms with E-state index in [1.54, 1.807) is 13.8 Å². The molecule has 96 valence electrons. The number of nitro groups is 1. The van der Waals surface area contributed by atoms with E-state index in [0.29, 0.717) is 0 Å². The largest absolute Gasteiger partial charge is 0.478 e. The third-order valence-corrected chi connectivity index (χ3v) is 1.95. The Hall–Kier alpha value is -2.44. The van der Waals surface area contributed by atoms with Gasteiger partial charge in [-0.3, -0.25) is 10.1 Å². The Bertz CT molecular complexity index is 476. The molecule has 0 aliphatic heterocycles. The number of ether oxygens (including phenoxy) is 1. The maximum atomic E-state index is 11.6. The van der Waals surface area contributed by atoms with Crippen LogP contribution in [0.5, 0.6) is 0 Å². The van der Waals surface area contributed by atoms with Crippen LogP contribution in [0.3, 0.4) is 0 Å². The highest BCUT2D eigenvalue weighted by Crippen LogP contribution is 2.18. The smallest absolute Gasteiger partial charge is 0.338 e. The summed E-state index contributed by atoms with van der Waals surface area (Å²) >= 11 is 0. The highest BCUT2D eigenvalue weighted by atomic mass is 16.6. The molecule has 0 unspecified atom stereocenters. The quantitative estimate of drug-likeness (QED) is 0.498. The summed E-state index contributed by atoms with van der Waals surface area (Å²) in [5, 5.41) is 19.4. The summed E-state index contributed by atoms with van der Waals surface area (Å²) in [5.74, 6) is -2.14. The first-order valence-corrected chi connectivity index (χ1v) is 5.05. The molecule has 0 saturated carbocycles. The Morgan fingerprint density at radius 3 is 2.28 bits per heavy atom. The monoisotopic (exact) mass is 253 g/mol. The van der Waals surface area contributed by atoms with E-state index in [0.717, 1.165) is 18.2 Å². The summed E-state index contributed by atoms with van der Waals surface area (Å²) in [6, 6.07) is 2.91. The van der Waals surface area contributed by atoms with Crippen molar-refractivity contribution in [2.75, 3.05) is 0 Å². The number of carboxylic acid groups (broad SMARTS) is 1. The van der Waals surface area contributed by atoms with E-state index in [1.165, 1.54) is 0 Å². The molecule has 0 fully saturated rings. The number of aromatic carboxylic acids is 1. The summed E-state index contributed by atoms with van der Waals surface area (Å²) in [6.07, 6.45) is -0.398. The number of hydrogen-bond acceptors (Lipinski definition) is 5. The molecule has 0 atom stereocenters. The number of carbonyl (C=O) groups is 2. The number of benzene rings is 1. The fourth-order valence-electron chi connectivity index (χ4n) is 1.24. The van der Waals surface area contributed by atoms with Gasteiger partial charge in [-0.1, -0.05) is 0 Å². The van der Waals surface area contributed by atoms with Crippen LogP contribution in [0.15, 0.2) is 18.2 Å². The lowest BCUT2D eigenvalue weighted by Crippen LogP contribution is -2.13. The number of nitrogens with zero attached hydrogens (tertiary/aromatic N) is 1. The molecular formula is C11H11NO6. The number of hydrogen-bond donors (Lipinski definition) is 1. The number of nitro benzene ring substituents is 1. The molecule has 7 nitrogen and oxygen atoms in total. The summed E-state index contributed by atoms with van der Waals surface area (Å²) in [7, 11) is 0. The summed E-state index contributed by atoms with van der Waals surface area (Å²) in [4.78, 5) is 32.2. The van der Waals surface area contributed by atoms with Crippen LogP contribution < -0.4 is 0 Å². The number of rotatable bonds is 4. The van der Waals surface area contributed by atoms with Gasteiger partial charge in [0.25, 0.3) is 5.69 Å². The molecule has 18 heavy (non-hydrogen) atoms. The number of esters is 1. The molecule has 0 heterocycles. The van der Waals surface area contributed by atoms with Gasteiger partial charge in [-0.25, -0.2) is 9.59 Å². The fraction of sp³-hybridized carbons (Fsp3) is 0.273. The maximum Gasteiger partial charge on any atom is 0.338 e. The Labute approximate surface area is 102 Å². The van der Waals surface area contributed by atoms with Gasteiger partial charge in [-0.05, 0) is 19.9 Å². The molecule has 1 aromatic rings. The molecular weight excluding hydrogens is 242 g/mol.